The predicted octanol–water partition coefficient (Wildman–Crippen LogP) is 1.17. The third-order valence-corrected chi connectivity index (χ3v) is 4.90. The monoisotopic (exact) mass is 343 g/mol. The number of nitro benzene ring substituents is 1. The van der Waals surface area contributed by atoms with E-state index in [-0.39, 0.29) is 28.7 Å². The Morgan fingerprint density at radius 3 is 2.39 bits per heavy atom. The van der Waals surface area contributed by atoms with Crippen LogP contribution in [0.3, 0.4) is 0 Å². The van der Waals surface area contributed by atoms with Gasteiger partial charge in [-0.15, -0.1) is 0 Å². The maximum atomic E-state index is 12.4. The lowest BCUT2D eigenvalue weighted by atomic mass is 10.3. The minimum atomic E-state index is -4.47. The number of benzene rings is 1. The molecule has 0 aliphatic heterocycles. The first-order valence-electron chi connectivity index (χ1n) is 6.55. The van der Waals surface area contributed by atoms with Crippen LogP contribution in [0.4, 0.5) is 5.69 Å². The van der Waals surface area contributed by atoms with Gasteiger partial charge < -0.3 is 4.57 Å². The van der Waals surface area contributed by atoms with Gasteiger partial charge in [0.1, 0.15) is 0 Å². The fraction of sp³-hybridized carbons (Fsp3) is 0.364. The lowest BCUT2D eigenvalue weighted by molar-refractivity contribution is -0.619. The molecule has 0 spiro atoms. The summed E-state index contributed by atoms with van der Waals surface area (Å²) in [6, 6.07) is 3.71. The van der Waals surface area contributed by atoms with Gasteiger partial charge in [-0.2, -0.15) is 8.42 Å². The molecule has 0 amide bonds. The summed E-state index contributed by atoms with van der Waals surface area (Å²) in [5.74, 6) is 0. The van der Waals surface area contributed by atoms with Gasteiger partial charge in [-0.05, 0) is 24.3 Å². The molecule has 1 heterocycles. The topological polar surface area (TPSA) is 141 Å². The van der Waals surface area contributed by atoms with Gasteiger partial charge in [0.25, 0.3) is 10.8 Å². The zero-order valence-electron chi connectivity index (χ0n) is 12.2. The van der Waals surface area contributed by atoms with Crippen LogP contribution >= 0.6 is 0 Å². The number of rotatable bonds is 6. The van der Waals surface area contributed by atoms with E-state index in [4.69, 9.17) is 0 Å². The molecule has 11 nitrogen and oxygen atoms in total. The summed E-state index contributed by atoms with van der Waals surface area (Å²) in [7, 11) is -4.47. The fourth-order valence-electron chi connectivity index (χ4n) is 2.18. The Balaban J connectivity index is 2.74. The van der Waals surface area contributed by atoms with E-state index < -0.39 is 25.1 Å². The lowest BCUT2D eigenvalue weighted by Gasteiger charge is -2.12. The van der Waals surface area contributed by atoms with E-state index in [9.17, 15) is 28.6 Å². The molecule has 1 aromatic heterocycles. The SMILES string of the molecule is CCN([N+](=O)[O-])S(=O)(=O)c1nc2cc([N+](=O)[O-])ccc2n1CC. The Morgan fingerprint density at radius 1 is 1.26 bits per heavy atom. The molecule has 2 rings (SSSR count). The number of aromatic nitrogens is 2. The van der Waals surface area contributed by atoms with E-state index >= 15 is 0 Å². The van der Waals surface area contributed by atoms with E-state index in [1.807, 2.05) is 0 Å². The Labute approximate surface area is 130 Å². The molecule has 0 unspecified atom stereocenters. The molecular formula is C11H13N5O6S. The lowest BCUT2D eigenvalue weighted by Crippen LogP contribution is -2.37. The summed E-state index contributed by atoms with van der Waals surface area (Å²) < 4.78 is 26.2. The standard InChI is InChI=1S/C11H13N5O6S/c1-3-13-10-6-5-8(15(17)18)7-9(10)12-11(13)23(21,22)14(4-2)16(19)20/h5-7H,3-4H2,1-2H3. The zero-order valence-corrected chi connectivity index (χ0v) is 13.1. The number of hydrogen-bond acceptors (Lipinski definition) is 7. The van der Waals surface area contributed by atoms with Crippen LogP contribution in [-0.2, 0) is 16.6 Å². The second-order valence-electron chi connectivity index (χ2n) is 4.45. The van der Waals surface area contributed by atoms with Crippen molar-refractivity contribution < 1.29 is 18.4 Å². The predicted molar refractivity (Wildman–Crippen MR) is 78.6 cm³/mol. The molecule has 0 fully saturated rings. The first-order valence-corrected chi connectivity index (χ1v) is 7.99. The van der Waals surface area contributed by atoms with Crippen LogP contribution < -0.4 is 0 Å². The first-order chi connectivity index (χ1) is 10.7. The Morgan fingerprint density at radius 2 is 1.91 bits per heavy atom. The average molecular weight is 343 g/mol. The Hall–Kier alpha value is -2.76. The minimum Gasteiger partial charge on any atom is -0.313 e. The number of hydrogen-bond donors (Lipinski definition) is 0. The number of imidazole rings is 1. The third kappa shape index (κ3) is 2.67. The van der Waals surface area contributed by atoms with Crippen molar-refractivity contribution in [2.45, 2.75) is 25.5 Å². The quantitative estimate of drug-likeness (QED) is 0.566. The van der Waals surface area contributed by atoms with E-state index in [1.165, 1.54) is 23.6 Å². The molecule has 0 aliphatic rings. The van der Waals surface area contributed by atoms with Crippen LogP contribution in [0.15, 0.2) is 23.4 Å². The maximum Gasteiger partial charge on any atom is 0.347 e. The third-order valence-electron chi connectivity index (χ3n) is 3.18. The first kappa shape index (κ1) is 16.6. The molecule has 12 heteroatoms. The largest absolute Gasteiger partial charge is 0.347 e. The normalized spacial score (nSPS) is 11.6. The van der Waals surface area contributed by atoms with Crippen LogP contribution in [0.1, 0.15) is 13.8 Å². The van der Waals surface area contributed by atoms with Crippen molar-refractivity contribution in [2.24, 2.45) is 0 Å². The molecule has 23 heavy (non-hydrogen) atoms. The van der Waals surface area contributed by atoms with Crippen LogP contribution in [-0.4, -0.2) is 38.9 Å². The molecule has 0 N–H and O–H groups in total. The maximum absolute atomic E-state index is 12.4. The van der Waals surface area contributed by atoms with Gasteiger partial charge in [-0.1, -0.05) is 0 Å². The van der Waals surface area contributed by atoms with Crippen molar-refractivity contribution in [2.75, 3.05) is 6.54 Å². The number of nitro groups is 2. The van der Waals surface area contributed by atoms with Crippen molar-refractivity contribution in [3.63, 3.8) is 0 Å². The van der Waals surface area contributed by atoms with E-state index in [0.29, 0.717) is 5.52 Å². The van der Waals surface area contributed by atoms with Gasteiger partial charge in [0, 0.05) is 18.7 Å². The summed E-state index contributed by atoms with van der Waals surface area (Å²) in [6.45, 7) is 2.77. The van der Waals surface area contributed by atoms with E-state index in [0.717, 1.165) is 6.07 Å². The molecule has 1 aromatic carbocycles. The fourth-order valence-corrected chi connectivity index (χ4v) is 3.60. The van der Waals surface area contributed by atoms with E-state index in [1.54, 1.807) is 6.92 Å². The molecule has 124 valence electrons. The smallest absolute Gasteiger partial charge is 0.313 e. The molecule has 0 aliphatic carbocycles. The molecule has 2 aromatic rings. The molecule has 0 atom stereocenters. The summed E-state index contributed by atoms with van der Waals surface area (Å²) in [5.41, 5.74) is 0.180. The number of fused-ring (bicyclic) bond motifs is 1. The van der Waals surface area contributed by atoms with Crippen LogP contribution in [0.25, 0.3) is 11.0 Å². The average Bonchev–Trinajstić information content (AvgIpc) is 2.85. The van der Waals surface area contributed by atoms with Gasteiger partial charge in [0.05, 0.1) is 22.5 Å². The van der Waals surface area contributed by atoms with E-state index in [2.05, 4.69) is 4.98 Å². The molecule has 0 bridgehead atoms. The van der Waals surface area contributed by atoms with Crippen molar-refractivity contribution in [3.8, 4) is 0 Å². The van der Waals surface area contributed by atoms with Crippen molar-refractivity contribution in [1.82, 2.24) is 14.0 Å². The number of aryl methyl sites for hydroxylation is 1. The van der Waals surface area contributed by atoms with Gasteiger partial charge in [-0.25, -0.2) is 15.1 Å². The van der Waals surface area contributed by atoms with Crippen LogP contribution in [0, 0.1) is 20.2 Å². The van der Waals surface area contributed by atoms with Gasteiger partial charge in [0.15, 0.2) is 5.03 Å². The second-order valence-corrected chi connectivity index (χ2v) is 6.19. The Bertz CT molecular complexity index is 890. The number of nitrogens with zero attached hydrogens (tertiary/aromatic N) is 5. The van der Waals surface area contributed by atoms with Gasteiger partial charge >= 0.3 is 10.0 Å². The van der Waals surface area contributed by atoms with Gasteiger partial charge in [0.2, 0.25) is 0 Å². The number of sulfonamides is 1. The van der Waals surface area contributed by atoms with Crippen molar-refractivity contribution in [1.29, 1.82) is 0 Å². The number of hydrazine groups is 1. The van der Waals surface area contributed by atoms with Crippen LogP contribution in [0.2, 0.25) is 0 Å². The van der Waals surface area contributed by atoms with Crippen molar-refractivity contribution >= 4 is 26.7 Å². The highest BCUT2D eigenvalue weighted by molar-refractivity contribution is 7.88. The highest BCUT2D eigenvalue weighted by Gasteiger charge is 2.36. The highest BCUT2D eigenvalue weighted by atomic mass is 32.2. The molecule has 0 saturated carbocycles. The zero-order chi connectivity index (χ0) is 17.4. The van der Waals surface area contributed by atoms with Crippen molar-refractivity contribution in [3.05, 3.63) is 38.4 Å². The summed E-state index contributed by atoms with van der Waals surface area (Å²) >= 11 is 0. The minimum absolute atomic E-state index is 0.0782. The Kier molecular flexibility index (Phi) is 4.18. The van der Waals surface area contributed by atoms with Crippen LogP contribution in [0.5, 0.6) is 0 Å². The molecular weight excluding hydrogens is 330 g/mol. The van der Waals surface area contributed by atoms with Gasteiger partial charge in [-0.3, -0.25) is 10.1 Å². The highest BCUT2D eigenvalue weighted by Crippen LogP contribution is 2.25. The molecule has 0 saturated heterocycles. The molecule has 0 radical (unpaired) electrons. The summed E-state index contributed by atoms with van der Waals surface area (Å²) in [5, 5.41) is 20.2. The second kappa shape index (κ2) is 5.79. The summed E-state index contributed by atoms with van der Waals surface area (Å²) in [6.07, 6.45) is 0. The number of non-ortho nitro benzene ring substituents is 1. The summed E-state index contributed by atoms with van der Waals surface area (Å²) in [4.78, 5) is 25.0.